The van der Waals surface area contributed by atoms with Crippen molar-refractivity contribution >= 4 is 5.82 Å². The molecule has 4 rings (SSSR count). The molecule has 0 aliphatic carbocycles. The number of nitrogen functional groups attached to an aromatic ring is 1. The van der Waals surface area contributed by atoms with E-state index in [2.05, 4.69) is 20.5 Å². The van der Waals surface area contributed by atoms with E-state index < -0.39 is 17.2 Å². The molecule has 2 heterocycles. The van der Waals surface area contributed by atoms with Gasteiger partial charge in [0.15, 0.2) is 17.5 Å². The zero-order valence-corrected chi connectivity index (χ0v) is 16.2. The van der Waals surface area contributed by atoms with Gasteiger partial charge in [-0.05, 0) is 53.6 Å². The summed E-state index contributed by atoms with van der Waals surface area (Å²) >= 11 is 0. The molecule has 30 heavy (non-hydrogen) atoms. The highest BCUT2D eigenvalue weighted by Gasteiger charge is 2.20. The summed E-state index contributed by atoms with van der Waals surface area (Å²) in [4.78, 5) is 4.21. The van der Waals surface area contributed by atoms with Gasteiger partial charge in [-0.3, -0.25) is 0 Å². The van der Waals surface area contributed by atoms with Gasteiger partial charge in [0.05, 0.1) is 11.2 Å². The Morgan fingerprint density at radius 1 is 1.03 bits per heavy atom. The molecule has 9 heteroatoms. The van der Waals surface area contributed by atoms with Crippen LogP contribution in [0.15, 0.2) is 54.7 Å². The summed E-state index contributed by atoms with van der Waals surface area (Å²) in [7, 11) is 0. The Labute approximate surface area is 170 Å². The lowest BCUT2D eigenvalue weighted by molar-refractivity contribution is 0.0786. The normalized spacial score (nSPS) is 11.6. The first-order chi connectivity index (χ1) is 14.3. The van der Waals surface area contributed by atoms with Crippen LogP contribution < -0.4 is 5.73 Å². The lowest BCUT2D eigenvalue weighted by Crippen LogP contribution is -2.14. The van der Waals surface area contributed by atoms with Crippen LogP contribution in [0.25, 0.3) is 28.2 Å². The lowest BCUT2D eigenvalue weighted by atomic mass is 9.95. The summed E-state index contributed by atoms with van der Waals surface area (Å²) in [5.41, 5.74) is 7.61. The minimum Gasteiger partial charge on any atom is -0.386 e. The molecule has 7 nitrogen and oxygen atoms in total. The number of anilines is 1. The number of rotatable bonds is 4. The molecular formula is C21H18F2N6O. The maximum atomic E-state index is 14.3. The van der Waals surface area contributed by atoms with E-state index in [0.29, 0.717) is 5.56 Å². The predicted octanol–water partition coefficient (Wildman–Crippen LogP) is 3.48. The molecule has 152 valence electrons. The first-order valence-corrected chi connectivity index (χ1v) is 9.07. The standard InChI is InChI=1S/C21H18F2N6O/c1-21(2,30)14-8-6-12(7-9-14)13-10-15(19(24)25-11-13)20-26-27-28-29(20)17-5-3-4-16(22)18(17)23/h3-11,30H,1-2H3,(H2,24,25). The first kappa shape index (κ1) is 19.6. The monoisotopic (exact) mass is 408 g/mol. The smallest absolute Gasteiger partial charge is 0.190 e. The van der Waals surface area contributed by atoms with E-state index in [0.717, 1.165) is 27.4 Å². The lowest BCUT2D eigenvalue weighted by Gasteiger charge is -2.18. The molecule has 0 aliphatic heterocycles. The third-order valence-electron chi connectivity index (χ3n) is 4.71. The summed E-state index contributed by atoms with van der Waals surface area (Å²) in [5.74, 6) is -1.82. The van der Waals surface area contributed by atoms with E-state index in [9.17, 15) is 13.9 Å². The van der Waals surface area contributed by atoms with Crippen molar-refractivity contribution in [3.05, 3.63) is 71.9 Å². The molecule has 0 saturated heterocycles. The molecular weight excluding hydrogens is 390 g/mol. The highest BCUT2D eigenvalue weighted by Crippen LogP contribution is 2.31. The Morgan fingerprint density at radius 2 is 1.77 bits per heavy atom. The molecule has 2 aromatic heterocycles. The highest BCUT2D eigenvalue weighted by molar-refractivity contribution is 5.76. The van der Waals surface area contributed by atoms with E-state index in [1.807, 2.05) is 24.3 Å². The predicted molar refractivity (Wildman–Crippen MR) is 107 cm³/mol. The van der Waals surface area contributed by atoms with E-state index in [4.69, 9.17) is 5.73 Å². The number of hydrogen-bond donors (Lipinski definition) is 2. The molecule has 0 amide bonds. The second-order valence-electron chi connectivity index (χ2n) is 7.28. The van der Waals surface area contributed by atoms with Crippen molar-refractivity contribution < 1.29 is 13.9 Å². The van der Waals surface area contributed by atoms with Gasteiger partial charge >= 0.3 is 0 Å². The largest absolute Gasteiger partial charge is 0.386 e. The van der Waals surface area contributed by atoms with Gasteiger partial charge in [-0.25, -0.2) is 13.8 Å². The fourth-order valence-corrected chi connectivity index (χ4v) is 3.06. The molecule has 0 saturated carbocycles. The Hall–Kier alpha value is -3.72. The fourth-order valence-electron chi connectivity index (χ4n) is 3.06. The topological polar surface area (TPSA) is 103 Å². The fraction of sp³-hybridized carbons (Fsp3) is 0.143. The number of benzene rings is 2. The van der Waals surface area contributed by atoms with Crippen LogP contribution in [0.2, 0.25) is 0 Å². The Kier molecular flexibility index (Phi) is 4.75. The van der Waals surface area contributed by atoms with Crippen LogP contribution in [0, 0.1) is 11.6 Å². The average Bonchev–Trinajstić information content (AvgIpc) is 3.19. The summed E-state index contributed by atoms with van der Waals surface area (Å²) in [6.45, 7) is 3.41. The van der Waals surface area contributed by atoms with Crippen LogP contribution in [0.3, 0.4) is 0 Å². The van der Waals surface area contributed by atoms with E-state index >= 15 is 0 Å². The van der Waals surface area contributed by atoms with Gasteiger partial charge in [-0.2, -0.15) is 4.68 Å². The molecule has 0 fully saturated rings. The summed E-state index contributed by atoms with van der Waals surface area (Å²) in [6.07, 6.45) is 1.59. The molecule has 0 bridgehead atoms. The molecule has 2 aromatic carbocycles. The summed E-state index contributed by atoms with van der Waals surface area (Å²) in [6, 6.07) is 12.8. The molecule has 0 radical (unpaired) electrons. The number of nitrogens with zero attached hydrogens (tertiary/aromatic N) is 5. The maximum Gasteiger partial charge on any atom is 0.190 e. The minimum atomic E-state index is -1.07. The highest BCUT2D eigenvalue weighted by atomic mass is 19.2. The Bertz CT molecular complexity index is 1220. The number of hydrogen-bond acceptors (Lipinski definition) is 6. The van der Waals surface area contributed by atoms with E-state index in [1.54, 1.807) is 26.1 Å². The first-order valence-electron chi connectivity index (χ1n) is 9.07. The van der Waals surface area contributed by atoms with Crippen molar-refractivity contribution in [2.75, 3.05) is 5.73 Å². The number of nitrogens with two attached hydrogens (primary N) is 1. The average molecular weight is 408 g/mol. The number of aromatic nitrogens is 5. The van der Waals surface area contributed by atoms with Crippen molar-refractivity contribution in [3.63, 3.8) is 0 Å². The summed E-state index contributed by atoms with van der Waals surface area (Å²) in [5, 5.41) is 21.4. The van der Waals surface area contributed by atoms with E-state index in [1.165, 1.54) is 12.1 Å². The Balaban J connectivity index is 1.79. The third-order valence-corrected chi connectivity index (χ3v) is 4.71. The van der Waals surface area contributed by atoms with Crippen molar-refractivity contribution in [1.82, 2.24) is 25.2 Å². The zero-order chi connectivity index (χ0) is 21.5. The quantitative estimate of drug-likeness (QED) is 0.536. The van der Waals surface area contributed by atoms with Crippen LogP contribution in [-0.2, 0) is 5.60 Å². The molecule has 0 spiro atoms. The van der Waals surface area contributed by atoms with E-state index in [-0.39, 0.29) is 17.3 Å². The van der Waals surface area contributed by atoms with Gasteiger partial charge in [0.25, 0.3) is 0 Å². The number of tetrazole rings is 1. The Morgan fingerprint density at radius 3 is 2.47 bits per heavy atom. The molecule has 0 unspecified atom stereocenters. The van der Waals surface area contributed by atoms with Crippen LogP contribution in [-0.4, -0.2) is 30.3 Å². The number of pyridine rings is 1. The van der Waals surface area contributed by atoms with Crippen LogP contribution in [0.4, 0.5) is 14.6 Å². The molecule has 0 atom stereocenters. The zero-order valence-electron chi connectivity index (χ0n) is 16.2. The van der Waals surface area contributed by atoms with Gasteiger partial charge in [0.1, 0.15) is 11.5 Å². The number of halogens is 2. The molecule has 0 aliphatic rings. The molecule has 3 N–H and O–H groups in total. The van der Waals surface area contributed by atoms with Crippen LogP contribution in [0.5, 0.6) is 0 Å². The second kappa shape index (κ2) is 7.27. The van der Waals surface area contributed by atoms with Gasteiger partial charge in [0.2, 0.25) is 0 Å². The molecule has 4 aromatic rings. The van der Waals surface area contributed by atoms with Gasteiger partial charge in [-0.15, -0.1) is 5.10 Å². The van der Waals surface area contributed by atoms with Crippen LogP contribution >= 0.6 is 0 Å². The minimum absolute atomic E-state index is 0.125. The van der Waals surface area contributed by atoms with Gasteiger partial charge in [0, 0.05) is 11.8 Å². The third kappa shape index (κ3) is 3.50. The van der Waals surface area contributed by atoms with Crippen molar-refractivity contribution in [2.45, 2.75) is 19.4 Å². The van der Waals surface area contributed by atoms with Gasteiger partial charge in [-0.1, -0.05) is 30.3 Å². The SMILES string of the molecule is CC(C)(O)c1ccc(-c2cnc(N)c(-c3nnnn3-c3cccc(F)c3F)c2)cc1. The van der Waals surface area contributed by atoms with Crippen molar-refractivity contribution in [3.8, 4) is 28.2 Å². The number of aliphatic hydroxyl groups is 1. The van der Waals surface area contributed by atoms with Crippen LogP contribution in [0.1, 0.15) is 19.4 Å². The van der Waals surface area contributed by atoms with Crippen molar-refractivity contribution in [1.29, 1.82) is 0 Å². The maximum absolute atomic E-state index is 14.3. The van der Waals surface area contributed by atoms with Crippen molar-refractivity contribution in [2.24, 2.45) is 0 Å². The summed E-state index contributed by atoms with van der Waals surface area (Å²) < 4.78 is 29.0. The van der Waals surface area contributed by atoms with Gasteiger partial charge < -0.3 is 10.8 Å². The second-order valence-corrected chi connectivity index (χ2v) is 7.28.